The quantitative estimate of drug-likeness (QED) is 0.182. The number of hydrogen-bond donors (Lipinski definition) is 0. The van der Waals surface area contributed by atoms with E-state index in [1.165, 1.54) is 0 Å². The molecule has 32 heavy (non-hydrogen) atoms. The molecular formula is C24H14Br3NO4. The highest BCUT2D eigenvalue weighted by Gasteiger charge is 2.24. The lowest BCUT2D eigenvalue weighted by molar-refractivity contribution is -0.129. The topological polar surface area (TPSA) is 65.0 Å². The van der Waals surface area contributed by atoms with Gasteiger partial charge in [-0.2, -0.15) is 0 Å². The van der Waals surface area contributed by atoms with Crippen LogP contribution in [0.5, 0.6) is 5.75 Å². The summed E-state index contributed by atoms with van der Waals surface area (Å²) in [5.74, 6) is -0.409. The maximum Gasteiger partial charge on any atom is 0.363 e. The van der Waals surface area contributed by atoms with Gasteiger partial charge in [0, 0.05) is 10.0 Å². The SMILES string of the molecule is Cc1ccccc1C(=O)Oc1c(Br)cc(/C=C2\N=C(c3ccc(Br)cc3)OC2=O)cc1Br. The van der Waals surface area contributed by atoms with E-state index in [0.29, 0.717) is 31.4 Å². The highest BCUT2D eigenvalue weighted by atomic mass is 79.9. The van der Waals surface area contributed by atoms with Gasteiger partial charge in [0.2, 0.25) is 5.90 Å². The number of halogens is 3. The van der Waals surface area contributed by atoms with Crippen LogP contribution in [0.15, 0.2) is 84.8 Å². The van der Waals surface area contributed by atoms with Crippen molar-refractivity contribution in [3.8, 4) is 5.75 Å². The molecule has 4 rings (SSSR count). The van der Waals surface area contributed by atoms with Crippen LogP contribution in [0, 0.1) is 6.92 Å². The molecule has 1 aliphatic heterocycles. The van der Waals surface area contributed by atoms with Crippen molar-refractivity contribution in [1.82, 2.24) is 0 Å². The Balaban J connectivity index is 1.60. The minimum absolute atomic E-state index is 0.173. The number of ether oxygens (including phenoxy) is 2. The molecule has 0 saturated carbocycles. The Morgan fingerprint density at radius 2 is 1.66 bits per heavy atom. The summed E-state index contributed by atoms with van der Waals surface area (Å²) in [6.45, 7) is 1.85. The van der Waals surface area contributed by atoms with Gasteiger partial charge in [0.15, 0.2) is 11.4 Å². The largest absolute Gasteiger partial charge is 0.420 e. The Morgan fingerprint density at radius 3 is 2.31 bits per heavy atom. The van der Waals surface area contributed by atoms with Crippen LogP contribution in [0.3, 0.4) is 0 Å². The third kappa shape index (κ3) is 4.92. The number of rotatable bonds is 4. The molecule has 0 radical (unpaired) electrons. The van der Waals surface area contributed by atoms with Crippen molar-refractivity contribution in [3.63, 3.8) is 0 Å². The zero-order chi connectivity index (χ0) is 22.8. The molecule has 0 amide bonds. The zero-order valence-electron chi connectivity index (χ0n) is 16.6. The molecular weight excluding hydrogens is 606 g/mol. The van der Waals surface area contributed by atoms with Crippen LogP contribution in [0.1, 0.15) is 27.0 Å². The van der Waals surface area contributed by atoms with Gasteiger partial charge in [-0.1, -0.05) is 34.1 Å². The third-order valence-corrected chi connectivity index (χ3v) is 6.30. The normalized spacial score (nSPS) is 14.3. The van der Waals surface area contributed by atoms with Crippen molar-refractivity contribution in [2.75, 3.05) is 0 Å². The van der Waals surface area contributed by atoms with E-state index in [0.717, 1.165) is 10.0 Å². The van der Waals surface area contributed by atoms with Crippen LogP contribution < -0.4 is 4.74 Å². The second kappa shape index (κ2) is 9.52. The van der Waals surface area contributed by atoms with Crippen LogP contribution in [-0.2, 0) is 9.53 Å². The third-order valence-electron chi connectivity index (χ3n) is 4.60. The summed E-state index contributed by atoms with van der Waals surface area (Å²) < 4.78 is 12.9. The standard InChI is InChI=1S/C24H14Br3NO4/c1-13-4-2-3-5-17(13)23(29)31-21-18(26)10-14(11-19(21)27)12-20-24(30)32-22(28-20)15-6-8-16(25)9-7-15/h2-12H,1H3/b20-12-. The molecule has 0 spiro atoms. The van der Waals surface area contributed by atoms with Crippen molar-refractivity contribution in [3.05, 3.63) is 102 Å². The fraction of sp³-hybridized carbons (Fsp3) is 0.0417. The first-order valence-electron chi connectivity index (χ1n) is 9.37. The first kappa shape index (κ1) is 22.6. The van der Waals surface area contributed by atoms with Gasteiger partial charge in [-0.15, -0.1) is 0 Å². The van der Waals surface area contributed by atoms with Crippen molar-refractivity contribution >= 4 is 71.7 Å². The van der Waals surface area contributed by atoms with Crippen LogP contribution in [0.4, 0.5) is 0 Å². The van der Waals surface area contributed by atoms with E-state index < -0.39 is 11.9 Å². The molecule has 0 unspecified atom stereocenters. The Hall–Kier alpha value is -2.55. The Kier molecular flexibility index (Phi) is 6.74. The molecule has 0 saturated heterocycles. The van der Waals surface area contributed by atoms with Crippen molar-refractivity contribution in [2.24, 2.45) is 4.99 Å². The molecule has 0 fully saturated rings. The molecule has 1 aliphatic rings. The second-order valence-corrected chi connectivity index (χ2v) is 9.49. The van der Waals surface area contributed by atoms with Crippen LogP contribution in [0.2, 0.25) is 0 Å². The molecule has 160 valence electrons. The number of benzene rings is 3. The minimum atomic E-state index is -0.537. The van der Waals surface area contributed by atoms with Gasteiger partial charge in [-0.25, -0.2) is 14.6 Å². The van der Waals surface area contributed by atoms with Gasteiger partial charge < -0.3 is 9.47 Å². The predicted molar refractivity (Wildman–Crippen MR) is 133 cm³/mol. The maximum absolute atomic E-state index is 12.6. The Labute approximate surface area is 209 Å². The molecule has 0 atom stereocenters. The lowest BCUT2D eigenvalue weighted by Gasteiger charge is -2.11. The number of carbonyl (C=O) groups is 2. The van der Waals surface area contributed by atoms with Crippen molar-refractivity contribution in [2.45, 2.75) is 6.92 Å². The molecule has 1 heterocycles. The summed E-state index contributed by atoms with van der Waals surface area (Å²) in [7, 11) is 0. The average molecular weight is 620 g/mol. The number of nitrogens with zero attached hydrogens (tertiary/aromatic N) is 1. The minimum Gasteiger partial charge on any atom is -0.420 e. The van der Waals surface area contributed by atoms with E-state index in [-0.39, 0.29) is 11.6 Å². The van der Waals surface area contributed by atoms with Crippen LogP contribution in [0.25, 0.3) is 6.08 Å². The summed E-state index contributed by atoms with van der Waals surface area (Å²) in [6.07, 6.45) is 1.61. The highest BCUT2D eigenvalue weighted by molar-refractivity contribution is 9.11. The van der Waals surface area contributed by atoms with E-state index in [9.17, 15) is 9.59 Å². The molecule has 5 nitrogen and oxygen atoms in total. The Bertz CT molecular complexity index is 1270. The van der Waals surface area contributed by atoms with Crippen LogP contribution in [-0.4, -0.2) is 17.8 Å². The second-order valence-electron chi connectivity index (χ2n) is 6.86. The molecule has 3 aromatic carbocycles. The van der Waals surface area contributed by atoms with Gasteiger partial charge in [0.05, 0.1) is 14.5 Å². The predicted octanol–water partition coefficient (Wildman–Crippen LogP) is 6.85. The zero-order valence-corrected chi connectivity index (χ0v) is 21.3. The van der Waals surface area contributed by atoms with E-state index in [2.05, 4.69) is 52.8 Å². The monoisotopic (exact) mass is 617 g/mol. The lowest BCUT2D eigenvalue weighted by atomic mass is 10.1. The van der Waals surface area contributed by atoms with E-state index >= 15 is 0 Å². The summed E-state index contributed by atoms with van der Waals surface area (Å²) in [4.78, 5) is 29.2. The number of carbonyl (C=O) groups excluding carboxylic acids is 2. The molecule has 8 heteroatoms. The molecule has 0 N–H and O–H groups in total. The van der Waals surface area contributed by atoms with Gasteiger partial charge in [-0.05, 0) is 98.5 Å². The maximum atomic E-state index is 12.6. The van der Waals surface area contributed by atoms with Gasteiger partial charge in [0.25, 0.3) is 0 Å². The summed E-state index contributed by atoms with van der Waals surface area (Å²) >= 11 is 10.3. The van der Waals surface area contributed by atoms with Crippen molar-refractivity contribution < 1.29 is 19.1 Å². The first-order valence-corrected chi connectivity index (χ1v) is 11.7. The molecule has 3 aromatic rings. The van der Waals surface area contributed by atoms with Gasteiger partial charge in [0.1, 0.15) is 0 Å². The van der Waals surface area contributed by atoms with E-state index in [4.69, 9.17) is 9.47 Å². The average Bonchev–Trinajstić information content (AvgIpc) is 3.11. The summed E-state index contributed by atoms with van der Waals surface area (Å²) in [5.41, 5.74) is 2.86. The first-order chi connectivity index (χ1) is 15.3. The summed E-state index contributed by atoms with van der Waals surface area (Å²) in [6, 6.07) is 18.0. The molecule has 0 bridgehead atoms. The van der Waals surface area contributed by atoms with Gasteiger partial charge in [-0.3, -0.25) is 0 Å². The molecule has 0 aromatic heterocycles. The number of aryl methyl sites for hydroxylation is 1. The fourth-order valence-electron chi connectivity index (χ4n) is 2.99. The lowest BCUT2D eigenvalue weighted by Crippen LogP contribution is -2.11. The highest BCUT2D eigenvalue weighted by Crippen LogP contribution is 2.36. The Morgan fingerprint density at radius 1 is 1.00 bits per heavy atom. The number of aliphatic imine (C=N–C) groups is 1. The van der Waals surface area contributed by atoms with E-state index in [1.54, 1.807) is 30.3 Å². The number of cyclic esters (lactones) is 1. The fourth-order valence-corrected chi connectivity index (χ4v) is 4.64. The molecule has 0 aliphatic carbocycles. The number of hydrogen-bond acceptors (Lipinski definition) is 5. The number of esters is 2. The smallest absolute Gasteiger partial charge is 0.363 e. The van der Waals surface area contributed by atoms with Gasteiger partial charge >= 0.3 is 11.9 Å². The van der Waals surface area contributed by atoms with Crippen LogP contribution >= 0.6 is 47.8 Å². The summed E-state index contributed by atoms with van der Waals surface area (Å²) in [5, 5.41) is 0. The van der Waals surface area contributed by atoms with E-state index in [1.807, 2.05) is 43.3 Å². The van der Waals surface area contributed by atoms with Crippen molar-refractivity contribution in [1.29, 1.82) is 0 Å².